The summed E-state index contributed by atoms with van der Waals surface area (Å²) in [6.07, 6.45) is 5.01. The molecule has 1 saturated carbocycles. The molecule has 1 unspecified atom stereocenters. The minimum Gasteiger partial charge on any atom is -0.326 e. The zero-order valence-electron chi connectivity index (χ0n) is 14.3. The van der Waals surface area contributed by atoms with Gasteiger partial charge in [-0.3, -0.25) is 4.79 Å². The Hall–Kier alpha value is -1.98. The molecule has 1 spiro atoms. The number of amides is 1. The number of hydrogen-bond acceptors (Lipinski definition) is 4. The Morgan fingerprint density at radius 1 is 1.28 bits per heavy atom. The van der Waals surface area contributed by atoms with E-state index in [1.165, 1.54) is 0 Å². The van der Waals surface area contributed by atoms with Gasteiger partial charge in [-0.05, 0) is 62.9 Å². The van der Waals surface area contributed by atoms with Crippen molar-refractivity contribution in [2.45, 2.75) is 26.2 Å². The third kappa shape index (κ3) is 3.67. The van der Waals surface area contributed by atoms with E-state index >= 15 is 0 Å². The molecular formula is C19H23ClN4O. The molecule has 25 heavy (non-hydrogen) atoms. The summed E-state index contributed by atoms with van der Waals surface area (Å²) in [5.74, 6) is 1.00. The third-order valence-corrected chi connectivity index (χ3v) is 5.29. The number of piperidine rings is 1. The van der Waals surface area contributed by atoms with Crippen molar-refractivity contribution in [3.8, 4) is 11.4 Å². The lowest BCUT2D eigenvalue weighted by Crippen LogP contribution is -2.31. The van der Waals surface area contributed by atoms with Crippen molar-refractivity contribution in [2.24, 2.45) is 11.3 Å². The van der Waals surface area contributed by atoms with Crippen LogP contribution in [0.3, 0.4) is 0 Å². The molecule has 132 valence electrons. The van der Waals surface area contributed by atoms with Gasteiger partial charge in [-0.1, -0.05) is 12.1 Å². The van der Waals surface area contributed by atoms with E-state index < -0.39 is 0 Å². The summed E-state index contributed by atoms with van der Waals surface area (Å²) in [6.45, 7) is 4.01. The molecule has 1 amide bonds. The Labute approximate surface area is 154 Å². The fourth-order valence-electron chi connectivity index (χ4n) is 3.75. The number of nitrogens with zero attached hydrogens (tertiary/aromatic N) is 2. The molecule has 2 aromatic rings. The number of anilines is 1. The van der Waals surface area contributed by atoms with Gasteiger partial charge in [0.1, 0.15) is 0 Å². The summed E-state index contributed by atoms with van der Waals surface area (Å²) in [5, 5.41) is 6.46. The molecule has 2 aliphatic rings. The van der Waals surface area contributed by atoms with Gasteiger partial charge in [0.05, 0.1) is 0 Å². The second-order valence-corrected chi connectivity index (χ2v) is 6.96. The van der Waals surface area contributed by atoms with Crippen LogP contribution in [0, 0.1) is 18.3 Å². The van der Waals surface area contributed by atoms with Crippen molar-refractivity contribution in [3.63, 3.8) is 0 Å². The van der Waals surface area contributed by atoms with E-state index in [9.17, 15) is 4.79 Å². The minimum atomic E-state index is 0. The van der Waals surface area contributed by atoms with Gasteiger partial charge in [-0.2, -0.15) is 0 Å². The molecule has 1 saturated heterocycles. The fraction of sp³-hybridized carbons (Fsp3) is 0.421. The highest BCUT2D eigenvalue weighted by molar-refractivity contribution is 5.95. The molecule has 1 aromatic heterocycles. The average Bonchev–Trinajstić information content (AvgIpc) is 3.29. The van der Waals surface area contributed by atoms with Crippen LogP contribution in [-0.4, -0.2) is 29.0 Å². The van der Waals surface area contributed by atoms with Crippen LogP contribution in [0.2, 0.25) is 0 Å². The largest absolute Gasteiger partial charge is 0.326 e. The SMILES string of the molecule is Cc1ccnc(-c2cccc(NC(=O)C3CC34CCNCC4)c2)n1.Cl. The molecule has 2 heterocycles. The summed E-state index contributed by atoms with van der Waals surface area (Å²) in [4.78, 5) is 21.4. The Bertz CT molecular complexity index is 774. The summed E-state index contributed by atoms with van der Waals surface area (Å²) in [7, 11) is 0. The maximum atomic E-state index is 12.6. The molecule has 2 N–H and O–H groups in total. The van der Waals surface area contributed by atoms with Gasteiger partial charge in [0.2, 0.25) is 5.91 Å². The van der Waals surface area contributed by atoms with Crippen molar-refractivity contribution in [1.82, 2.24) is 15.3 Å². The number of hydrogen-bond donors (Lipinski definition) is 2. The third-order valence-electron chi connectivity index (χ3n) is 5.29. The number of nitrogens with one attached hydrogen (secondary N) is 2. The first-order valence-corrected chi connectivity index (χ1v) is 8.58. The van der Waals surface area contributed by atoms with Crippen molar-refractivity contribution in [3.05, 3.63) is 42.2 Å². The van der Waals surface area contributed by atoms with Gasteiger partial charge in [0.25, 0.3) is 0 Å². The van der Waals surface area contributed by atoms with Crippen molar-refractivity contribution in [1.29, 1.82) is 0 Å². The molecule has 2 fully saturated rings. The van der Waals surface area contributed by atoms with Crippen LogP contribution >= 0.6 is 12.4 Å². The molecule has 6 heteroatoms. The van der Waals surface area contributed by atoms with Crippen LogP contribution in [-0.2, 0) is 4.79 Å². The van der Waals surface area contributed by atoms with Gasteiger partial charge in [0.15, 0.2) is 5.82 Å². The Morgan fingerprint density at radius 2 is 2.08 bits per heavy atom. The van der Waals surface area contributed by atoms with Gasteiger partial charge >= 0.3 is 0 Å². The van der Waals surface area contributed by atoms with E-state index in [1.54, 1.807) is 6.20 Å². The van der Waals surface area contributed by atoms with Gasteiger partial charge in [-0.25, -0.2) is 9.97 Å². The molecule has 0 bridgehead atoms. The number of carbonyl (C=O) groups is 1. The predicted octanol–water partition coefficient (Wildman–Crippen LogP) is 3.20. The number of aryl methyl sites for hydroxylation is 1. The molecule has 5 nitrogen and oxygen atoms in total. The maximum Gasteiger partial charge on any atom is 0.228 e. The quantitative estimate of drug-likeness (QED) is 0.884. The van der Waals surface area contributed by atoms with E-state index in [4.69, 9.17) is 0 Å². The van der Waals surface area contributed by atoms with Crippen LogP contribution < -0.4 is 10.6 Å². The Balaban J connectivity index is 0.00000182. The Morgan fingerprint density at radius 3 is 2.84 bits per heavy atom. The first-order valence-electron chi connectivity index (χ1n) is 8.58. The number of benzene rings is 1. The summed E-state index contributed by atoms with van der Waals surface area (Å²) >= 11 is 0. The number of rotatable bonds is 3. The molecule has 1 aliphatic heterocycles. The molecule has 0 radical (unpaired) electrons. The summed E-state index contributed by atoms with van der Waals surface area (Å²) in [5.41, 5.74) is 2.93. The predicted molar refractivity (Wildman–Crippen MR) is 101 cm³/mol. The second-order valence-electron chi connectivity index (χ2n) is 6.96. The molecule has 1 aliphatic carbocycles. The smallest absolute Gasteiger partial charge is 0.228 e. The maximum absolute atomic E-state index is 12.6. The molecule has 4 rings (SSSR count). The fourth-order valence-corrected chi connectivity index (χ4v) is 3.75. The lowest BCUT2D eigenvalue weighted by atomic mass is 9.92. The second kappa shape index (κ2) is 7.10. The monoisotopic (exact) mass is 358 g/mol. The summed E-state index contributed by atoms with van der Waals surface area (Å²) < 4.78 is 0. The van der Waals surface area contributed by atoms with E-state index in [-0.39, 0.29) is 29.6 Å². The standard InChI is InChI=1S/C19H22N4O.ClH/c1-13-5-8-21-17(22-13)14-3-2-4-15(11-14)23-18(24)16-12-19(16)6-9-20-10-7-19;/h2-5,8,11,16,20H,6-7,9-10,12H2,1H3,(H,23,24);1H. The minimum absolute atomic E-state index is 0. The van der Waals surface area contributed by atoms with Crippen molar-refractivity contribution < 1.29 is 4.79 Å². The molecule has 1 aromatic carbocycles. The van der Waals surface area contributed by atoms with Gasteiger partial charge < -0.3 is 10.6 Å². The first kappa shape index (κ1) is 17.8. The zero-order chi connectivity index (χ0) is 16.6. The highest BCUT2D eigenvalue weighted by Crippen LogP contribution is 2.58. The highest BCUT2D eigenvalue weighted by Gasteiger charge is 2.57. The normalized spacial score (nSPS) is 20.6. The van der Waals surface area contributed by atoms with Crippen LogP contribution in [0.4, 0.5) is 5.69 Å². The van der Waals surface area contributed by atoms with E-state index in [0.29, 0.717) is 5.82 Å². The number of carbonyl (C=O) groups excluding carboxylic acids is 1. The first-order chi connectivity index (χ1) is 11.7. The van der Waals surface area contributed by atoms with Crippen LogP contribution in [0.5, 0.6) is 0 Å². The van der Waals surface area contributed by atoms with E-state index in [0.717, 1.165) is 49.3 Å². The molecular weight excluding hydrogens is 336 g/mol. The van der Waals surface area contributed by atoms with E-state index in [2.05, 4.69) is 20.6 Å². The van der Waals surface area contributed by atoms with Crippen LogP contribution in [0.25, 0.3) is 11.4 Å². The molecule has 1 atom stereocenters. The zero-order valence-corrected chi connectivity index (χ0v) is 15.1. The van der Waals surface area contributed by atoms with Gasteiger partial charge in [0, 0.05) is 29.1 Å². The van der Waals surface area contributed by atoms with E-state index in [1.807, 2.05) is 37.3 Å². The van der Waals surface area contributed by atoms with Crippen LogP contribution in [0.15, 0.2) is 36.5 Å². The average molecular weight is 359 g/mol. The topological polar surface area (TPSA) is 66.9 Å². The number of aromatic nitrogens is 2. The van der Waals surface area contributed by atoms with Crippen LogP contribution in [0.1, 0.15) is 25.0 Å². The highest BCUT2D eigenvalue weighted by atomic mass is 35.5. The summed E-state index contributed by atoms with van der Waals surface area (Å²) in [6, 6.07) is 9.65. The lowest BCUT2D eigenvalue weighted by Gasteiger charge is -2.23. The van der Waals surface area contributed by atoms with Crippen molar-refractivity contribution in [2.75, 3.05) is 18.4 Å². The van der Waals surface area contributed by atoms with Crippen molar-refractivity contribution >= 4 is 24.0 Å². The Kier molecular flexibility index (Phi) is 5.06. The van der Waals surface area contributed by atoms with Gasteiger partial charge in [-0.15, -0.1) is 12.4 Å². The number of halogens is 1. The lowest BCUT2D eigenvalue weighted by molar-refractivity contribution is -0.118.